The van der Waals surface area contributed by atoms with Crippen LogP contribution in [0.15, 0.2) is 0 Å². The van der Waals surface area contributed by atoms with Gasteiger partial charge in [-0.25, -0.2) is 4.79 Å². The number of hydrogen-bond acceptors (Lipinski definition) is 3. The topological polar surface area (TPSA) is 75.6 Å². The molecule has 0 aromatic heterocycles. The molecule has 1 unspecified atom stereocenters. The van der Waals surface area contributed by atoms with Gasteiger partial charge in [0.1, 0.15) is 5.54 Å². The summed E-state index contributed by atoms with van der Waals surface area (Å²) in [5.41, 5.74) is -1.03. The Hall–Kier alpha value is -1.10. The van der Waals surface area contributed by atoms with Gasteiger partial charge in [-0.2, -0.15) is 0 Å². The molecule has 2 aliphatic rings. The van der Waals surface area contributed by atoms with E-state index in [1.807, 2.05) is 0 Å². The molecule has 21 heavy (non-hydrogen) atoms. The minimum absolute atomic E-state index is 0.126. The maximum atomic E-state index is 12.1. The molecule has 1 aliphatic carbocycles. The smallest absolute Gasteiger partial charge is 0.329 e. The first-order valence-corrected chi connectivity index (χ1v) is 8.18. The van der Waals surface area contributed by atoms with Gasteiger partial charge in [0.2, 0.25) is 5.91 Å². The third kappa shape index (κ3) is 4.19. The van der Waals surface area contributed by atoms with Crippen molar-refractivity contribution in [2.75, 3.05) is 13.2 Å². The fourth-order valence-electron chi connectivity index (χ4n) is 3.45. The molecule has 1 amide bonds. The van der Waals surface area contributed by atoms with Crippen molar-refractivity contribution < 1.29 is 19.4 Å². The van der Waals surface area contributed by atoms with Crippen LogP contribution < -0.4 is 5.32 Å². The number of aliphatic carboxylic acids is 1. The van der Waals surface area contributed by atoms with Crippen molar-refractivity contribution in [3.63, 3.8) is 0 Å². The van der Waals surface area contributed by atoms with E-state index in [1.54, 1.807) is 0 Å². The number of carboxylic acid groups (broad SMARTS) is 1. The summed E-state index contributed by atoms with van der Waals surface area (Å²) in [6, 6.07) is 0. The molecule has 1 saturated carbocycles. The van der Waals surface area contributed by atoms with E-state index in [0.29, 0.717) is 31.1 Å². The van der Waals surface area contributed by atoms with E-state index in [2.05, 4.69) is 12.2 Å². The Bertz CT molecular complexity index is 368. The number of ether oxygens (including phenoxy) is 1. The molecule has 0 bridgehead atoms. The molecule has 2 fully saturated rings. The van der Waals surface area contributed by atoms with Crippen LogP contribution in [0.2, 0.25) is 0 Å². The van der Waals surface area contributed by atoms with Gasteiger partial charge in [0.05, 0.1) is 0 Å². The summed E-state index contributed by atoms with van der Waals surface area (Å²) < 4.78 is 5.30. The van der Waals surface area contributed by atoms with E-state index in [-0.39, 0.29) is 5.91 Å². The third-order valence-corrected chi connectivity index (χ3v) is 5.13. The second kappa shape index (κ2) is 7.25. The van der Waals surface area contributed by atoms with Gasteiger partial charge >= 0.3 is 5.97 Å². The van der Waals surface area contributed by atoms with Crippen molar-refractivity contribution in [3.05, 3.63) is 0 Å². The molecule has 1 atom stereocenters. The highest BCUT2D eigenvalue weighted by Gasteiger charge is 2.42. The Morgan fingerprint density at radius 2 is 1.95 bits per heavy atom. The number of carbonyl (C=O) groups is 2. The normalized spacial score (nSPS) is 32.8. The minimum Gasteiger partial charge on any atom is -0.480 e. The molecular formula is C16H27NO4. The molecule has 5 heteroatoms. The Morgan fingerprint density at radius 1 is 1.24 bits per heavy atom. The highest BCUT2D eigenvalue weighted by molar-refractivity contribution is 5.87. The van der Waals surface area contributed by atoms with Gasteiger partial charge in [0.25, 0.3) is 0 Å². The number of rotatable bonds is 6. The molecule has 5 nitrogen and oxygen atoms in total. The number of hydrogen-bond donors (Lipinski definition) is 2. The predicted molar refractivity (Wildman–Crippen MR) is 78.9 cm³/mol. The predicted octanol–water partition coefficient (Wildman–Crippen LogP) is 2.34. The quantitative estimate of drug-likeness (QED) is 0.789. The van der Waals surface area contributed by atoms with Crippen molar-refractivity contribution in [1.29, 1.82) is 0 Å². The highest BCUT2D eigenvalue weighted by Crippen LogP contribution is 2.34. The van der Waals surface area contributed by atoms with Crippen LogP contribution in [-0.4, -0.2) is 35.7 Å². The van der Waals surface area contributed by atoms with Crippen LogP contribution in [0, 0.1) is 11.8 Å². The third-order valence-electron chi connectivity index (χ3n) is 5.13. The van der Waals surface area contributed by atoms with Crippen LogP contribution in [0.3, 0.4) is 0 Å². The van der Waals surface area contributed by atoms with Crippen molar-refractivity contribution in [1.82, 2.24) is 5.32 Å². The van der Waals surface area contributed by atoms with E-state index in [9.17, 15) is 14.7 Å². The summed E-state index contributed by atoms with van der Waals surface area (Å²) in [7, 11) is 0. The molecule has 1 saturated heterocycles. The number of carboxylic acids is 1. The van der Waals surface area contributed by atoms with Gasteiger partial charge < -0.3 is 15.2 Å². The zero-order valence-corrected chi connectivity index (χ0v) is 12.9. The van der Waals surface area contributed by atoms with Crippen LogP contribution >= 0.6 is 0 Å². The van der Waals surface area contributed by atoms with Crippen LogP contribution in [0.1, 0.15) is 58.3 Å². The van der Waals surface area contributed by atoms with Crippen molar-refractivity contribution in [3.8, 4) is 0 Å². The molecule has 0 aromatic carbocycles. The average molecular weight is 297 g/mol. The van der Waals surface area contributed by atoms with Gasteiger partial charge in [0.15, 0.2) is 0 Å². The van der Waals surface area contributed by atoms with Crippen LogP contribution in [-0.2, 0) is 14.3 Å². The monoisotopic (exact) mass is 297 g/mol. The molecule has 1 aliphatic heterocycles. The Balaban J connectivity index is 1.84. The highest BCUT2D eigenvalue weighted by atomic mass is 16.5. The lowest BCUT2D eigenvalue weighted by atomic mass is 9.75. The molecular weight excluding hydrogens is 270 g/mol. The molecule has 0 radical (unpaired) electrons. The maximum Gasteiger partial charge on any atom is 0.329 e. The Morgan fingerprint density at radius 3 is 2.48 bits per heavy atom. The summed E-state index contributed by atoms with van der Waals surface area (Å²) >= 11 is 0. The van der Waals surface area contributed by atoms with Gasteiger partial charge in [-0.3, -0.25) is 4.79 Å². The zero-order chi connectivity index (χ0) is 15.3. The number of amides is 1. The molecule has 2 rings (SSSR count). The molecule has 0 spiro atoms. The van der Waals surface area contributed by atoms with Crippen LogP contribution in [0.5, 0.6) is 0 Å². The van der Waals surface area contributed by atoms with Gasteiger partial charge in [-0.15, -0.1) is 0 Å². The molecule has 120 valence electrons. The summed E-state index contributed by atoms with van der Waals surface area (Å²) in [5, 5.41) is 12.4. The maximum absolute atomic E-state index is 12.1. The van der Waals surface area contributed by atoms with Gasteiger partial charge in [-0.1, -0.05) is 13.3 Å². The van der Waals surface area contributed by atoms with Crippen molar-refractivity contribution in [2.45, 2.75) is 63.8 Å². The van der Waals surface area contributed by atoms with E-state index in [1.165, 1.54) is 0 Å². The van der Waals surface area contributed by atoms with E-state index in [0.717, 1.165) is 45.3 Å². The van der Waals surface area contributed by atoms with E-state index in [4.69, 9.17) is 4.74 Å². The first-order chi connectivity index (χ1) is 10.1. The molecule has 0 aromatic rings. The summed E-state index contributed by atoms with van der Waals surface area (Å²) in [6.45, 7) is 3.65. The van der Waals surface area contributed by atoms with Crippen LogP contribution in [0.4, 0.5) is 0 Å². The largest absolute Gasteiger partial charge is 0.480 e. The lowest BCUT2D eigenvalue weighted by Crippen LogP contribution is -2.56. The number of nitrogens with one attached hydrogen (secondary N) is 1. The lowest BCUT2D eigenvalue weighted by Gasteiger charge is -2.37. The summed E-state index contributed by atoms with van der Waals surface area (Å²) in [4.78, 5) is 23.7. The minimum atomic E-state index is -1.03. The summed E-state index contributed by atoms with van der Waals surface area (Å²) in [6.07, 6.45) is 6.18. The number of carbonyl (C=O) groups excluding carboxylic acids is 1. The fourth-order valence-corrected chi connectivity index (χ4v) is 3.45. The van der Waals surface area contributed by atoms with E-state index < -0.39 is 11.5 Å². The summed E-state index contributed by atoms with van der Waals surface area (Å²) in [5.74, 6) is 0.0474. The zero-order valence-electron chi connectivity index (χ0n) is 12.9. The van der Waals surface area contributed by atoms with Gasteiger partial charge in [-0.05, 0) is 50.4 Å². The molecule has 1 heterocycles. The fraction of sp³-hybridized carbons (Fsp3) is 0.875. The second-order valence-electron chi connectivity index (χ2n) is 6.56. The van der Waals surface area contributed by atoms with Crippen LogP contribution in [0.25, 0.3) is 0 Å². The first kappa shape index (κ1) is 16.3. The Kier molecular flexibility index (Phi) is 5.62. The van der Waals surface area contributed by atoms with E-state index >= 15 is 0 Å². The lowest BCUT2D eigenvalue weighted by molar-refractivity contribution is -0.149. The molecule has 2 N–H and O–H groups in total. The van der Waals surface area contributed by atoms with Crippen molar-refractivity contribution in [2.24, 2.45) is 11.8 Å². The average Bonchev–Trinajstić information content (AvgIpc) is 2.99. The first-order valence-electron chi connectivity index (χ1n) is 8.18. The van der Waals surface area contributed by atoms with Gasteiger partial charge in [0, 0.05) is 19.6 Å². The SMILES string of the molecule is CCC1CCC(NC(=O)CCC2CCOC2)(C(=O)O)CC1. The standard InChI is InChI=1S/C16H27NO4/c1-2-12-5-8-16(9-6-12,15(19)20)17-14(18)4-3-13-7-10-21-11-13/h12-13H,2-11H2,1H3,(H,17,18)(H,19,20). The Labute approximate surface area is 126 Å². The van der Waals surface area contributed by atoms with Crippen molar-refractivity contribution >= 4 is 11.9 Å². The second-order valence-corrected chi connectivity index (χ2v) is 6.56.